The highest BCUT2D eigenvalue weighted by Crippen LogP contribution is 2.29. The van der Waals surface area contributed by atoms with Crippen molar-refractivity contribution in [1.82, 2.24) is 9.47 Å². The molecular formula is C18H16Cl2N2O4. The van der Waals surface area contributed by atoms with E-state index in [0.29, 0.717) is 21.3 Å². The van der Waals surface area contributed by atoms with Crippen LogP contribution in [0.15, 0.2) is 36.5 Å². The molecule has 0 saturated carbocycles. The molecule has 0 bridgehead atoms. The number of carbonyl (C=O) groups excluding carboxylic acids is 3. The van der Waals surface area contributed by atoms with E-state index in [1.165, 1.54) is 12.0 Å². The average molecular weight is 395 g/mol. The standard InChI is InChI=1S/C18H16Cl2N2O4/c1-26-16(23)7-6-15-18(25)22(17(24)14-3-2-8-21(14)15)10-11-4-5-12(19)13(20)9-11/h2-5,8-9,15H,6-7,10H2,1H3. The Hall–Kier alpha value is -2.31. The van der Waals surface area contributed by atoms with Crippen LogP contribution in [0.1, 0.15) is 34.9 Å². The Labute approximate surface area is 160 Å². The predicted molar refractivity (Wildman–Crippen MR) is 96.1 cm³/mol. The topological polar surface area (TPSA) is 68.6 Å². The van der Waals surface area contributed by atoms with Crippen molar-refractivity contribution in [3.8, 4) is 0 Å². The molecule has 1 unspecified atom stereocenters. The Kier molecular flexibility index (Phi) is 5.34. The fraction of sp³-hybridized carbons (Fsp3) is 0.278. The minimum atomic E-state index is -0.639. The number of amides is 2. The summed E-state index contributed by atoms with van der Waals surface area (Å²) < 4.78 is 6.26. The molecule has 2 aromatic rings. The summed E-state index contributed by atoms with van der Waals surface area (Å²) in [4.78, 5) is 38.3. The molecule has 0 fully saturated rings. The molecule has 1 atom stereocenters. The average Bonchev–Trinajstić information content (AvgIpc) is 3.11. The maximum atomic E-state index is 12.9. The number of aromatic nitrogens is 1. The van der Waals surface area contributed by atoms with Crippen molar-refractivity contribution in [2.24, 2.45) is 0 Å². The van der Waals surface area contributed by atoms with Crippen molar-refractivity contribution in [1.29, 1.82) is 0 Å². The lowest BCUT2D eigenvalue weighted by Crippen LogP contribution is -2.47. The molecule has 26 heavy (non-hydrogen) atoms. The normalized spacial score (nSPS) is 16.6. The van der Waals surface area contributed by atoms with E-state index < -0.39 is 12.0 Å². The minimum absolute atomic E-state index is 0.0778. The van der Waals surface area contributed by atoms with Crippen molar-refractivity contribution < 1.29 is 19.1 Å². The van der Waals surface area contributed by atoms with Gasteiger partial charge in [-0.15, -0.1) is 0 Å². The lowest BCUT2D eigenvalue weighted by atomic mass is 10.1. The molecule has 2 amide bonds. The second-order valence-electron chi connectivity index (χ2n) is 5.91. The number of halogens is 2. The number of fused-ring (bicyclic) bond motifs is 1. The summed E-state index contributed by atoms with van der Waals surface area (Å²) in [5.74, 6) is -1.16. The van der Waals surface area contributed by atoms with Crippen molar-refractivity contribution in [2.45, 2.75) is 25.4 Å². The Morgan fingerprint density at radius 1 is 1.19 bits per heavy atom. The largest absolute Gasteiger partial charge is 0.469 e. The molecule has 6 nitrogen and oxygen atoms in total. The Balaban J connectivity index is 1.88. The molecule has 0 N–H and O–H groups in total. The van der Waals surface area contributed by atoms with E-state index in [4.69, 9.17) is 23.2 Å². The third-order valence-electron chi connectivity index (χ3n) is 4.30. The highest BCUT2D eigenvalue weighted by molar-refractivity contribution is 6.42. The van der Waals surface area contributed by atoms with Gasteiger partial charge in [-0.3, -0.25) is 19.3 Å². The summed E-state index contributed by atoms with van der Waals surface area (Å²) in [5.41, 5.74) is 1.09. The number of ether oxygens (including phenoxy) is 1. The van der Waals surface area contributed by atoms with Gasteiger partial charge in [0.15, 0.2) is 0 Å². The van der Waals surface area contributed by atoms with Crippen LogP contribution in [0.2, 0.25) is 10.0 Å². The van der Waals surface area contributed by atoms with Gasteiger partial charge >= 0.3 is 5.97 Å². The van der Waals surface area contributed by atoms with Crippen molar-refractivity contribution in [3.05, 3.63) is 57.8 Å². The van der Waals surface area contributed by atoms with E-state index in [0.717, 1.165) is 0 Å². The highest BCUT2D eigenvalue weighted by atomic mass is 35.5. The van der Waals surface area contributed by atoms with Gasteiger partial charge in [0.2, 0.25) is 0 Å². The molecule has 0 aliphatic carbocycles. The second-order valence-corrected chi connectivity index (χ2v) is 6.72. The Morgan fingerprint density at radius 2 is 1.96 bits per heavy atom. The third-order valence-corrected chi connectivity index (χ3v) is 5.04. The lowest BCUT2D eigenvalue weighted by molar-refractivity contribution is -0.141. The number of methoxy groups -OCH3 is 1. The number of carbonyl (C=O) groups is 3. The highest BCUT2D eigenvalue weighted by Gasteiger charge is 2.38. The van der Waals surface area contributed by atoms with Crippen LogP contribution in [0, 0.1) is 0 Å². The van der Waals surface area contributed by atoms with E-state index in [1.54, 1.807) is 41.1 Å². The number of esters is 1. The van der Waals surface area contributed by atoms with Gasteiger partial charge in [0.25, 0.3) is 11.8 Å². The molecule has 1 aliphatic rings. The molecular weight excluding hydrogens is 379 g/mol. The summed E-state index contributed by atoms with van der Waals surface area (Å²) in [5, 5.41) is 0.753. The monoisotopic (exact) mass is 394 g/mol. The number of benzene rings is 1. The third kappa shape index (κ3) is 3.48. The van der Waals surface area contributed by atoms with E-state index in [9.17, 15) is 14.4 Å². The SMILES string of the molecule is COC(=O)CCC1C(=O)N(Cc2ccc(Cl)c(Cl)c2)C(=O)c2cccn21. The minimum Gasteiger partial charge on any atom is -0.469 e. The first-order chi connectivity index (χ1) is 12.4. The Morgan fingerprint density at radius 3 is 2.65 bits per heavy atom. The van der Waals surface area contributed by atoms with Crippen LogP contribution < -0.4 is 0 Å². The maximum absolute atomic E-state index is 12.9. The van der Waals surface area contributed by atoms with Gasteiger partial charge in [-0.1, -0.05) is 29.3 Å². The van der Waals surface area contributed by atoms with Crippen LogP contribution in [0.25, 0.3) is 0 Å². The van der Waals surface area contributed by atoms with Crippen LogP contribution in [-0.4, -0.2) is 34.4 Å². The zero-order valence-electron chi connectivity index (χ0n) is 13.9. The molecule has 136 valence electrons. The molecule has 0 saturated heterocycles. The van der Waals surface area contributed by atoms with Crippen LogP contribution >= 0.6 is 23.2 Å². The van der Waals surface area contributed by atoms with Gasteiger partial charge in [0.1, 0.15) is 11.7 Å². The van der Waals surface area contributed by atoms with Crippen LogP contribution in [0.3, 0.4) is 0 Å². The van der Waals surface area contributed by atoms with Gasteiger partial charge in [0.05, 0.1) is 23.7 Å². The van der Waals surface area contributed by atoms with Gasteiger partial charge in [-0.2, -0.15) is 0 Å². The summed E-state index contributed by atoms with van der Waals surface area (Å²) in [6, 6.07) is 7.68. The van der Waals surface area contributed by atoms with Gasteiger partial charge in [-0.05, 0) is 36.2 Å². The fourth-order valence-corrected chi connectivity index (χ4v) is 3.29. The number of rotatable bonds is 5. The number of nitrogens with zero attached hydrogens (tertiary/aromatic N) is 2. The van der Waals surface area contributed by atoms with Gasteiger partial charge in [0, 0.05) is 12.6 Å². The molecule has 0 spiro atoms. The first kappa shape index (κ1) is 18.5. The summed E-state index contributed by atoms with van der Waals surface area (Å²) in [7, 11) is 1.30. The molecule has 3 rings (SSSR count). The maximum Gasteiger partial charge on any atom is 0.305 e. The number of hydrogen-bond acceptors (Lipinski definition) is 4. The first-order valence-corrected chi connectivity index (χ1v) is 8.71. The summed E-state index contributed by atoms with van der Waals surface area (Å²) in [6.07, 6.45) is 2.00. The predicted octanol–water partition coefficient (Wildman–Crippen LogP) is 3.47. The van der Waals surface area contributed by atoms with E-state index in [1.807, 2.05) is 0 Å². The molecule has 1 aromatic heterocycles. The quantitative estimate of drug-likeness (QED) is 0.574. The van der Waals surface area contributed by atoms with Crippen LogP contribution in [-0.2, 0) is 20.9 Å². The molecule has 1 aromatic carbocycles. The summed E-state index contributed by atoms with van der Waals surface area (Å²) in [6.45, 7) is 0.0778. The number of hydrogen-bond donors (Lipinski definition) is 0. The first-order valence-electron chi connectivity index (χ1n) is 7.95. The van der Waals surface area contributed by atoms with Crippen molar-refractivity contribution in [2.75, 3.05) is 7.11 Å². The molecule has 2 heterocycles. The summed E-state index contributed by atoms with van der Waals surface area (Å²) >= 11 is 11.9. The number of imide groups is 1. The molecule has 1 aliphatic heterocycles. The zero-order valence-corrected chi connectivity index (χ0v) is 15.5. The zero-order chi connectivity index (χ0) is 18.8. The molecule has 0 radical (unpaired) electrons. The van der Waals surface area contributed by atoms with E-state index >= 15 is 0 Å². The lowest BCUT2D eigenvalue weighted by Gasteiger charge is -2.32. The Bertz CT molecular complexity index is 878. The van der Waals surface area contributed by atoms with Crippen LogP contribution in [0.4, 0.5) is 0 Å². The molecule has 8 heteroatoms. The van der Waals surface area contributed by atoms with Gasteiger partial charge < -0.3 is 9.30 Å². The van der Waals surface area contributed by atoms with Gasteiger partial charge in [-0.25, -0.2) is 0 Å². The second kappa shape index (κ2) is 7.51. The fourth-order valence-electron chi connectivity index (χ4n) is 2.97. The van der Waals surface area contributed by atoms with E-state index in [-0.39, 0.29) is 31.2 Å². The van der Waals surface area contributed by atoms with E-state index in [2.05, 4.69) is 4.74 Å². The smallest absolute Gasteiger partial charge is 0.305 e. The van der Waals surface area contributed by atoms with Crippen molar-refractivity contribution >= 4 is 41.0 Å². The van der Waals surface area contributed by atoms with Crippen LogP contribution in [0.5, 0.6) is 0 Å². The van der Waals surface area contributed by atoms with Crippen molar-refractivity contribution in [3.63, 3.8) is 0 Å².